The van der Waals surface area contributed by atoms with Crippen LogP contribution in [-0.4, -0.2) is 69.4 Å². The fourth-order valence-electron chi connectivity index (χ4n) is 4.98. The molecule has 244 valence electrons. The number of hydrogen-bond donors (Lipinski definition) is 4. The molecular weight excluding hydrogens is 606 g/mol. The molecule has 0 spiro atoms. The Labute approximate surface area is 270 Å². The van der Waals surface area contributed by atoms with Gasteiger partial charge in [0.2, 0.25) is 10.0 Å². The predicted molar refractivity (Wildman–Crippen MR) is 178 cm³/mol. The lowest BCUT2D eigenvalue weighted by molar-refractivity contribution is -0.137. The van der Waals surface area contributed by atoms with Crippen molar-refractivity contribution in [3.8, 4) is 11.5 Å². The van der Waals surface area contributed by atoms with Gasteiger partial charge in [-0.15, -0.1) is 0 Å². The van der Waals surface area contributed by atoms with E-state index in [2.05, 4.69) is 4.72 Å². The van der Waals surface area contributed by atoms with E-state index in [9.17, 15) is 13.2 Å². The molecule has 0 unspecified atom stereocenters. The SMILES string of the molecule is CCOC(=O)/C=C/c1ccc(S(=O)(=O)N[C@H](COc2cccc(C(=N)N)c2)Cc2ccc(OC3CCN(C(C)=N)CC3)cc2)cc1. The highest BCUT2D eigenvalue weighted by Crippen LogP contribution is 2.22. The van der Waals surface area contributed by atoms with Gasteiger partial charge in [0.25, 0.3) is 0 Å². The van der Waals surface area contributed by atoms with E-state index in [-0.39, 0.29) is 30.0 Å². The summed E-state index contributed by atoms with van der Waals surface area (Å²) in [4.78, 5) is 13.7. The van der Waals surface area contributed by atoms with Crippen LogP contribution in [0.3, 0.4) is 0 Å². The van der Waals surface area contributed by atoms with E-state index in [1.807, 2.05) is 29.2 Å². The van der Waals surface area contributed by atoms with Gasteiger partial charge >= 0.3 is 5.97 Å². The monoisotopic (exact) mass is 647 g/mol. The number of esters is 1. The van der Waals surface area contributed by atoms with E-state index in [0.717, 1.165) is 37.2 Å². The largest absolute Gasteiger partial charge is 0.492 e. The minimum Gasteiger partial charge on any atom is -0.492 e. The molecule has 5 N–H and O–H groups in total. The first-order valence-corrected chi connectivity index (χ1v) is 16.6. The number of nitrogens with one attached hydrogen (secondary N) is 3. The number of carbonyl (C=O) groups is 1. The number of likely N-dealkylation sites (tertiary alicyclic amines) is 1. The Morgan fingerprint density at radius 1 is 1.04 bits per heavy atom. The van der Waals surface area contributed by atoms with Crippen LogP contribution < -0.4 is 19.9 Å². The molecule has 0 aromatic heterocycles. The minimum atomic E-state index is -3.94. The molecule has 1 aliphatic rings. The lowest BCUT2D eigenvalue weighted by Gasteiger charge is -2.32. The lowest BCUT2D eigenvalue weighted by Crippen LogP contribution is -2.40. The molecule has 0 bridgehead atoms. The number of sulfonamides is 1. The summed E-state index contributed by atoms with van der Waals surface area (Å²) in [5.41, 5.74) is 7.66. The van der Waals surface area contributed by atoms with Gasteiger partial charge in [0.05, 0.1) is 23.4 Å². The minimum absolute atomic E-state index is 0.0181. The number of nitrogen functional groups attached to an aromatic ring is 1. The molecule has 3 aromatic carbocycles. The molecule has 4 rings (SSSR count). The topological polar surface area (TPSA) is 168 Å². The highest BCUT2D eigenvalue weighted by molar-refractivity contribution is 7.89. The first kappa shape index (κ1) is 34.2. The van der Waals surface area contributed by atoms with Gasteiger partial charge in [0.15, 0.2) is 0 Å². The van der Waals surface area contributed by atoms with Crippen molar-refractivity contribution in [3.63, 3.8) is 0 Å². The van der Waals surface area contributed by atoms with Gasteiger partial charge in [-0.3, -0.25) is 10.8 Å². The Hall–Kier alpha value is -4.68. The smallest absolute Gasteiger partial charge is 0.330 e. The van der Waals surface area contributed by atoms with Gasteiger partial charge < -0.3 is 24.8 Å². The molecular formula is C34H41N5O6S. The summed E-state index contributed by atoms with van der Waals surface area (Å²) in [7, 11) is -3.94. The Bertz CT molecular complexity index is 1630. The number of piperidine rings is 1. The third kappa shape index (κ3) is 10.2. The number of amidine groups is 2. The molecule has 0 aliphatic carbocycles. The van der Waals surface area contributed by atoms with Crippen molar-refractivity contribution in [2.75, 3.05) is 26.3 Å². The van der Waals surface area contributed by atoms with E-state index in [1.54, 1.807) is 56.3 Å². The van der Waals surface area contributed by atoms with E-state index >= 15 is 0 Å². The molecule has 1 saturated heterocycles. The van der Waals surface area contributed by atoms with E-state index in [0.29, 0.717) is 29.1 Å². The zero-order valence-corrected chi connectivity index (χ0v) is 26.9. The first-order chi connectivity index (χ1) is 22.0. The van der Waals surface area contributed by atoms with Gasteiger partial charge in [0.1, 0.15) is 30.0 Å². The van der Waals surface area contributed by atoms with Gasteiger partial charge in [-0.25, -0.2) is 17.9 Å². The summed E-state index contributed by atoms with van der Waals surface area (Å²) >= 11 is 0. The third-order valence-corrected chi connectivity index (χ3v) is 8.97. The maximum absolute atomic E-state index is 13.5. The number of nitrogens with two attached hydrogens (primary N) is 1. The molecule has 1 aliphatic heterocycles. The van der Waals surface area contributed by atoms with Crippen molar-refractivity contribution in [2.24, 2.45) is 5.73 Å². The molecule has 0 saturated carbocycles. The van der Waals surface area contributed by atoms with Crippen LogP contribution in [-0.2, 0) is 26.0 Å². The number of rotatable bonds is 14. The summed E-state index contributed by atoms with van der Waals surface area (Å²) in [6.45, 7) is 5.39. The average molecular weight is 648 g/mol. The molecule has 1 heterocycles. The second-order valence-corrected chi connectivity index (χ2v) is 12.7. The zero-order chi connectivity index (χ0) is 33.1. The molecule has 46 heavy (non-hydrogen) atoms. The Morgan fingerprint density at radius 2 is 1.74 bits per heavy atom. The van der Waals surface area contributed by atoms with Crippen LogP contribution in [0.25, 0.3) is 6.08 Å². The molecule has 0 radical (unpaired) electrons. The summed E-state index contributed by atoms with van der Waals surface area (Å²) < 4.78 is 46.7. The molecule has 11 nitrogen and oxygen atoms in total. The fraction of sp³-hybridized carbons (Fsp3) is 0.324. The number of ether oxygens (including phenoxy) is 3. The van der Waals surface area contributed by atoms with E-state index in [1.165, 1.54) is 18.2 Å². The fourth-order valence-corrected chi connectivity index (χ4v) is 6.20. The summed E-state index contributed by atoms with van der Waals surface area (Å²) in [6, 6.07) is 19.9. The Kier molecular flexibility index (Phi) is 11.9. The highest BCUT2D eigenvalue weighted by atomic mass is 32.2. The number of carbonyl (C=O) groups excluding carboxylic acids is 1. The van der Waals surface area contributed by atoms with Crippen molar-refractivity contribution in [2.45, 2.75) is 50.2 Å². The number of nitrogens with zero attached hydrogens (tertiary/aromatic N) is 1. The standard InChI is InChI=1S/C34H41N5O6S/c1-3-43-33(40)16-11-25-9-14-32(15-10-25)46(41,42)38-28(23-44-31-6-4-5-27(22-31)34(36)37)21-26-7-12-29(13-8-26)45-30-17-19-39(20-18-30)24(2)35/h4-16,22,28,30,35,38H,3,17-21,23H2,1-2H3,(H3,36,37)/b16-11+,35-24?/t28-/m0/s1. The van der Waals surface area contributed by atoms with Crippen molar-refractivity contribution in [1.29, 1.82) is 10.8 Å². The van der Waals surface area contributed by atoms with Gasteiger partial charge in [-0.05, 0) is 73.9 Å². The van der Waals surface area contributed by atoms with Crippen LogP contribution in [0.1, 0.15) is 43.4 Å². The summed E-state index contributed by atoms with van der Waals surface area (Å²) in [5.74, 6) is 1.20. The predicted octanol–water partition coefficient (Wildman–Crippen LogP) is 4.36. The van der Waals surface area contributed by atoms with Crippen LogP contribution >= 0.6 is 0 Å². The van der Waals surface area contributed by atoms with Gasteiger partial charge in [-0.2, -0.15) is 0 Å². The van der Waals surface area contributed by atoms with Crippen molar-refractivity contribution in [1.82, 2.24) is 9.62 Å². The van der Waals surface area contributed by atoms with E-state index < -0.39 is 22.0 Å². The molecule has 1 fully saturated rings. The van der Waals surface area contributed by atoms with Crippen LogP contribution in [0.4, 0.5) is 0 Å². The van der Waals surface area contributed by atoms with Crippen LogP contribution in [0.15, 0.2) is 83.8 Å². The Balaban J connectivity index is 1.45. The summed E-state index contributed by atoms with van der Waals surface area (Å²) in [6.07, 6.45) is 4.94. The van der Waals surface area contributed by atoms with Crippen LogP contribution in [0, 0.1) is 10.8 Å². The van der Waals surface area contributed by atoms with Crippen molar-refractivity contribution < 1.29 is 27.4 Å². The van der Waals surface area contributed by atoms with Crippen molar-refractivity contribution >= 4 is 33.7 Å². The average Bonchev–Trinajstić information content (AvgIpc) is 3.04. The van der Waals surface area contributed by atoms with Crippen molar-refractivity contribution in [3.05, 3.63) is 95.6 Å². The normalized spacial score (nSPS) is 14.5. The molecule has 1 atom stereocenters. The molecule has 3 aromatic rings. The number of hydrogen-bond acceptors (Lipinski definition) is 8. The Morgan fingerprint density at radius 3 is 2.37 bits per heavy atom. The number of benzene rings is 3. The van der Waals surface area contributed by atoms with E-state index in [4.69, 9.17) is 30.8 Å². The van der Waals surface area contributed by atoms with Crippen LogP contribution in [0.2, 0.25) is 0 Å². The van der Waals surface area contributed by atoms with Gasteiger partial charge in [0, 0.05) is 37.6 Å². The second kappa shape index (κ2) is 16.1. The first-order valence-electron chi connectivity index (χ1n) is 15.1. The quantitative estimate of drug-likeness (QED) is 0.0867. The van der Waals surface area contributed by atoms with Gasteiger partial charge in [-0.1, -0.05) is 36.4 Å². The van der Waals surface area contributed by atoms with Crippen LogP contribution in [0.5, 0.6) is 11.5 Å². The zero-order valence-electron chi connectivity index (χ0n) is 26.1. The summed E-state index contributed by atoms with van der Waals surface area (Å²) in [5, 5.41) is 15.5. The lowest BCUT2D eigenvalue weighted by atomic mass is 10.1. The maximum Gasteiger partial charge on any atom is 0.330 e. The highest BCUT2D eigenvalue weighted by Gasteiger charge is 2.23. The molecule has 12 heteroatoms. The molecule has 0 amide bonds. The maximum atomic E-state index is 13.5. The third-order valence-electron chi connectivity index (χ3n) is 7.43. The second-order valence-electron chi connectivity index (χ2n) is 11.0.